The van der Waals surface area contributed by atoms with Gasteiger partial charge in [0, 0.05) is 5.56 Å². The standard InChI is InChI=1S/C9H7NO2.2ClH/c11-8-5-6-3-1-2-4-7(6)9(12)10-8;;/h1-4H,5H2,(H,10,11,12);2*1H. The predicted octanol–water partition coefficient (Wildman–Crippen LogP) is 1.34. The monoisotopic (exact) mass is 233 g/mol. The van der Waals surface area contributed by atoms with Gasteiger partial charge < -0.3 is 0 Å². The molecular formula is C9H9Cl2NO2. The maximum Gasteiger partial charge on any atom is 0.258 e. The van der Waals surface area contributed by atoms with Gasteiger partial charge in [-0.2, -0.15) is 0 Å². The lowest BCUT2D eigenvalue weighted by atomic mass is 10.0. The van der Waals surface area contributed by atoms with Crippen LogP contribution in [-0.4, -0.2) is 11.8 Å². The molecule has 76 valence electrons. The summed E-state index contributed by atoms with van der Waals surface area (Å²) >= 11 is 0. The van der Waals surface area contributed by atoms with Crippen LogP contribution in [0, 0.1) is 0 Å². The third kappa shape index (κ3) is 2.25. The van der Waals surface area contributed by atoms with Gasteiger partial charge >= 0.3 is 0 Å². The number of hydrogen-bond acceptors (Lipinski definition) is 2. The molecule has 1 heterocycles. The van der Waals surface area contributed by atoms with Crippen molar-refractivity contribution in [3.05, 3.63) is 35.4 Å². The fourth-order valence-corrected chi connectivity index (χ4v) is 1.31. The van der Waals surface area contributed by atoms with E-state index in [0.717, 1.165) is 5.56 Å². The molecule has 0 saturated heterocycles. The summed E-state index contributed by atoms with van der Waals surface area (Å²) in [6, 6.07) is 7.13. The summed E-state index contributed by atoms with van der Waals surface area (Å²) in [5, 5.41) is 2.26. The summed E-state index contributed by atoms with van der Waals surface area (Å²) in [6.07, 6.45) is 0.307. The van der Waals surface area contributed by atoms with Crippen molar-refractivity contribution >= 4 is 36.6 Å². The Kier molecular flexibility index (Phi) is 4.60. The predicted molar refractivity (Wildman–Crippen MR) is 57.1 cm³/mol. The second-order valence-electron chi connectivity index (χ2n) is 2.71. The molecule has 1 aliphatic heterocycles. The summed E-state index contributed by atoms with van der Waals surface area (Å²) < 4.78 is 0. The molecule has 0 aliphatic carbocycles. The first kappa shape index (κ1) is 12.9. The van der Waals surface area contributed by atoms with Gasteiger partial charge in [0.2, 0.25) is 5.91 Å². The molecule has 0 aromatic heterocycles. The molecule has 0 fully saturated rings. The molecule has 0 spiro atoms. The van der Waals surface area contributed by atoms with Crippen LogP contribution in [-0.2, 0) is 11.2 Å². The van der Waals surface area contributed by atoms with E-state index in [1.54, 1.807) is 18.2 Å². The van der Waals surface area contributed by atoms with E-state index in [4.69, 9.17) is 0 Å². The van der Waals surface area contributed by atoms with Gasteiger partial charge in [0.05, 0.1) is 6.42 Å². The number of imide groups is 1. The van der Waals surface area contributed by atoms with E-state index in [2.05, 4.69) is 5.32 Å². The van der Waals surface area contributed by atoms with E-state index < -0.39 is 0 Å². The Morgan fingerprint density at radius 2 is 1.71 bits per heavy atom. The van der Waals surface area contributed by atoms with Crippen LogP contribution in [0.5, 0.6) is 0 Å². The summed E-state index contributed by atoms with van der Waals surface area (Å²) in [7, 11) is 0. The van der Waals surface area contributed by atoms with Crippen LogP contribution in [0.2, 0.25) is 0 Å². The first-order valence-electron chi connectivity index (χ1n) is 3.69. The van der Waals surface area contributed by atoms with Crippen molar-refractivity contribution < 1.29 is 9.59 Å². The molecule has 0 saturated carbocycles. The molecule has 2 rings (SSSR count). The topological polar surface area (TPSA) is 46.2 Å². The zero-order valence-corrected chi connectivity index (χ0v) is 8.78. The SMILES string of the molecule is Cl.Cl.O=C1Cc2ccccc2C(=O)N1. The molecule has 0 unspecified atom stereocenters. The van der Waals surface area contributed by atoms with Gasteiger partial charge in [0.1, 0.15) is 0 Å². The third-order valence-electron chi connectivity index (χ3n) is 1.87. The molecular weight excluding hydrogens is 225 g/mol. The molecule has 14 heavy (non-hydrogen) atoms. The maximum absolute atomic E-state index is 11.2. The number of carbonyl (C=O) groups excluding carboxylic acids is 2. The first-order chi connectivity index (χ1) is 5.77. The highest BCUT2D eigenvalue weighted by atomic mass is 35.5. The number of hydrogen-bond donors (Lipinski definition) is 1. The zero-order valence-electron chi connectivity index (χ0n) is 7.15. The molecule has 0 atom stereocenters. The number of carbonyl (C=O) groups is 2. The Morgan fingerprint density at radius 1 is 1.07 bits per heavy atom. The van der Waals surface area contributed by atoms with E-state index in [0.29, 0.717) is 12.0 Å². The highest BCUT2D eigenvalue weighted by Gasteiger charge is 2.20. The quantitative estimate of drug-likeness (QED) is 0.688. The van der Waals surface area contributed by atoms with Crippen LogP contribution in [0.3, 0.4) is 0 Å². The van der Waals surface area contributed by atoms with Crippen LogP contribution in [0.15, 0.2) is 24.3 Å². The minimum atomic E-state index is -0.290. The largest absolute Gasteiger partial charge is 0.292 e. The van der Waals surface area contributed by atoms with Crippen LogP contribution in [0.1, 0.15) is 15.9 Å². The van der Waals surface area contributed by atoms with Gasteiger partial charge in [-0.05, 0) is 11.6 Å². The second-order valence-corrected chi connectivity index (χ2v) is 2.71. The van der Waals surface area contributed by atoms with Gasteiger partial charge in [-0.1, -0.05) is 18.2 Å². The smallest absolute Gasteiger partial charge is 0.258 e. The molecule has 1 aromatic carbocycles. The molecule has 1 aliphatic rings. The fraction of sp³-hybridized carbons (Fsp3) is 0.111. The number of rotatable bonds is 0. The van der Waals surface area contributed by atoms with Crippen molar-refractivity contribution in [3.8, 4) is 0 Å². The van der Waals surface area contributed by atoms with Crippen LogP contribution < -0.4 is 5.32 Å². The van der Waals surface area contributed by atoms with E-state index in [-0.39, 0.29) is 36.6 Å². The molecule has 0 bridgehead atoms. The summed E-state index contributed by atoms with van der Waals surface area (Å²) in [6.45, 7) is 0. The van der Waals surface area contributed by atoms with Gasteiger partial charge in [0.25, 0.3) is 5.91 Å². The summed E-state index contributed by atoms with van der Waals surface area (Å²) in [5.41, 5.74) is 1.42. The molecule has 1 aromatic rings. The minimum absolute atomic E-state index is 0. The summed E-state index contributed by atoms with van der Waals surface area (Å²) in [4.78, 5) is 22.1. The molecule has 0 radical (unpaired) electrons. The van der Waals surface area contributed by atoms with Crippen molar-refractivity contribution in [2.75, 3.05) is 0 Å². The normalized spacial score (nSPS) is 13.1. The minimum Gasteiger partial charge on any atom is -0.292 e. The van der Waals surface area contributed by atoms with Crippen LogP contribution >= 0.6 is 24.8 Å². The average Bonchev–Trinajstić information content (AvgIpc) is 2.04. The molecule has 3 nitrogen and oxygen atoms in total. The van der Waals surface area contributed by atoms with Crippen molar-refractivity contribution in [3.63, 3.8) is 0 Å². The lowest BCUT2D eigenvalue weighted by Gasteiger charge is -2.13. The zero-order chi connectivity index (χ0) is 8.55. The van der Waals surface area contributed by atoms with Crippen molar-refractivity contribution in [1.82, 2.24) is 5.32 Å². The highest BCUT2D eigenvalue weighted by molar-refractivity contribution is 6.09. The van der Waals surface area contributed by atoms with Gasteiger partial charge in [-0.15, -0.1) is 24.8 Å². The number of benzene rings is 1. The lowest BCUT2D eigenvalue weighted by molar-refractivity contribution is -0.119. The fourth-order valence-electron chi connectivity index (χ4n) is 1.31. The molecule has 5 heteroatoms. The summed E-state index contributed by atoms with van der Waals surface area (Å²) in [5.74, 6) is -0.513. The van der Waals surface area contributed by atoms with Crippen molar-refractivity contribution in [1.29, 1.82) is 0 Å². The highest BCUT2D eigenvalue weighted by Crippen LogP contribution is 2.12. The van der Waals surface area contributed by atoms with Crippen LogP contribution in [0.25, 0.3) is 0 Å². The van der Waals surface area contributed by atoms with E-state index in [9.17, 15) is 9.59 Å². The third-order valence-corrected chi connectivity index (χ3v) is 1.87. The average molecular weight is 234 g/mol. The lowest BCUT2D eigenvalue weighted by Crippen LogP contribution is -2.37. The maximum atomic E-state index is 11.2. The van der Waals surface area contributed by atoms with Crippen LogP contribution in [0.4, 0.5) is 0 Å². The Bertz CT molecular complexity index is 366. The van der Waals surface area contributed by atoms with Crippen molar-refractivity contribution in [2.45, 2.75) is 6.42 Å². The molecule has 1 N–H and O–H groups in total. The van der Waals surface area contributed by atoms with Gasteiger partial charge in [-0.3, -0.25) is 14.9 Å². The Balaban J connectivity index is 0.000000845. The van der Waals surface area contributed by atoms with Crippen molar-refractivity contribution in [2.24, 2.45) is 0 Å². The molecule has 2 amide bonds. The van der Waals surface area contributed by atoms with E-state index in [1.165, 1.54) is 0 Å². The van der Waals surface area contributed by atoms with E-state index in [1.807, 2.05) is 6.07 Å². The number of amides is 2. The first-order valence-corrected chi connectivity index (χ1v) is 3.69. The second kappa shape index (κ2) is 4.98. The Hall–Kier alpha value is -1.06. The number of halogens is 2. The number of fused-ring (bicyclic) bond motifs is 1. The van der Waals surface area contributed by atoms with Gasteiger partial charge in [0.15, 0.2) is 0 Å². The Labute approximate surface area is 93.7 Å². The Morgan fingerprint density at radius 3 is 2.43 bits per heavy atom. The van der Waals surface area contributed by atoms with Gasteiger partial charge in [-0.25, -0.2) is 0 Å². The van der Waals surface area contributed by atoms with E-state index >= 15 is 0 Å². The number of nitrogens with one attached hydrogen (secondary N) is 1.